The van der Waals surface area contributed by atoms with E-state index in [1.165, 1.54) is 33.0 Å². The summed E-state index contributed by atoms with van der Waals surface area (Å²) < 4.78 is 0. The van der Waals surface area contributed by atoms with Crippen molar-refractivity contribution in [3.8, 4) is 11.1 Å². The van der Waals surface area contributed by atoms with Crippen LogP contribution < -0.4 is 0 Å². The van der Waals surface area contributed by atoms with E-state index in [9.17, 15) is 0 Å². The Balaban J connectivity index is 2.18. The third-order valence-corrected chi connectivity index (χ3v) is 3.97. The van der Waals surface area contributed by atoms with Gasteiger partial charge in [0, 0.05) is 5.02 Å². The van der Waals surface area contributed by atoms with Crippen LogP contribution in [-0.4, -0.2) is 0 Å². The molecule has 0 saturated carbocycles. The molecule has 0 amide bonds. The quantitative estimate of drug-likeness (QED) is 0.409. The minimum absolute atomic E-state index is 0.810. The van der Waals surface area contributed by atoms with Crippen molar-refractivity contribution in [1.29, 1.82) is 0 Å². The van der Waals surface area contributed by atoms with Gasteiger partial charge in [-0.25, -0.2) is 0 Å². The minimum atomic E-state index is 0.810. The molecule has 1 aliphatic rings. The third kappa shape index (κ3) is 1.33. The van der Waals surface area contributed by atoms with E-state index in [1.54, 1.807) is 0 Å². The zero-order chi connectivity index (χ0) is 12.1. The first-order valence-electron chi connectivity index (χ1n) is 6.12. The van der Waals surface area contributed by atoms with Crippen molar-refractivity contribution in [2.75, 3.05) is 0 Å². The molecular formula is C17H11Cl. The predicted octanol–water partition coefficient (Wildman–Crippen LogP) is 5.06. The Hall–Kier alpha value is -1.79. The van der Waals surface area contributed by atoms with Crippen LogP contribution in [0.3, 0.4) is 0 Å². The Morgan fingerprint density at radius 1 is 0.778 bits per heavy atom. The van der Waals surface area contributed by atoms with Crippen LogP contribution >= 0.6 is 11.6 Å². The zero-order valence-electron chi connectivity index (χ0n) is 9.78. The van der Waals surface area contributed by atoms with Crippen molar-refractivity contribution in [1.82, 2.24) is 0 Å². The smallest absolute Gasteiger partial charge is 0.0412 e. The van der Waals surface area contributed by atoms with Gasteiger partial charge in [-0.15, -0.1) is 0 Å². The van der Waals surface area contributed by atoms with Crippen LogP contribution in [0.15, 0.2) is 54.6 Å². The maximum Gasteiger partial charge on any atom is 0.0412 e. The molecule has 18 heavy (non-hydrogen) atoms. The van der Waals surface area contributed by atoms with Crippen LogP contribution in [-0.2, 0) is 6.42 Å². The van der Waals surface area contributed by atoms with Gasteiger partial charge in [-0.3, -0.25) is 0 Å². The van der Waals surface area contributed by atoms with Crippen molar-refractivity contribution in [3.63, 3.8) is 0 Å². The summed E-state index contributed by atoms with van der Waals surface area (Å²) in [6, 6.07) is 19.3. The van der Waals surface area contributed by atoms with Crippen molar-refractivity contribution in [3.05, 3.63) is 70.7 Å². The monoisotopic (exact) mass is 250 g/mol. The van der Waals surface area contributed by atoms with Crippen LogP contribution in [0.25, 0.3) is 21.9 Å². The van der Waals surface area contributed by atoms with E-state index in [1.807, 2.05) is 6.07 Å². The zero-order valence-corrected chi connectivity index (χ0v) is 10.5. The lowest BCUT2D eigenvalue weighted by Gasteiger charge is -2.20. The molecule has 3 aromatic rings. The Morgan fingerprint density at radius 2 is 1.61 bits per heavy atom. The molecule has 0 heterocycles. The molecule has 3 aromatic carbocycles. The summed E-state index contributed by atoms with van der Waals surface area (Å²) in [6.45, 7) is 0. The standard InChI is InChI=1S/C17H11Cl/c18-14-8-7-12-9-13-5-1-3-11-4-2-6-15(17(11)13)16(12)10-14/h1-8,10H,9H2. The molecule has 4 rings (SSSR count). The van der Waals surface area contributed by atoms with Gasteiger partial charge in [0.05, 0.1) is 0 Å². The molecule has 0 atom stereocenters. The number of hydrogen-bond donors (Lipinski definition) is 0. The first-order valence-corrected chi connectivity index (χ1v) is 6.50. The summed E-state index contributed by atoms with van der Waals surface area (Å²) in [5.41, 5.74) is 5.38. The Morgan fingerprint density at radius 3 is 2.50 bits per heavy atom. The van der Waals surface area contributed by atoms with Gasteiger partial charge in [0.2, 0.25) is 0 Å². The topological polar surface area (TPSA) is 0 Å². The van der Waals surface area contributed by atoms with E-state index in [-0.39, 0.29) is 0 Å². The molecule has 0 nitrogen and oxygen atoms in total. The van der Waals surface area contributed by atoms with Crippen molar-refractivity contribution >= 4 is 22.4 Å². The van der Waals surface area contributed by atoms with E-state index in [2.05, 4.69) is 48.5 Å². The van der Waals surface area contributed by atoms with E-state index in [0.717, 1.165) is 11.4 Å². The van der Waals surface area contributed by atoms with Gasteiger partial charge in [-0.05, 0) is 51.6 Å². The second-order valence-corrected chi connectivity index (χ2v) is 5.24. The number of halogens is 1. The summed E-state index contributed by atoms with van der Waals surface area (Å²) in [5, 5.41) is 3.51. The lowest BCUT2D eigenvalue weighted by atomic mass is 9.84. The average Bonchev–Trinajstić information content (AvgIpc) is 2.40. The van der Waals surface area contributed by atoms with Gasteiger partial charge in [0.25, 0.3) is 0 Å². The molecule has 0 aromatic heterocycles. The highest BCUT2D eigenvalue weighted by Gasteiger charge is 2.17. The van der Waals surface area contributed by atoms with Gasteiger partial charge >= 0.3 is 0 Å². The van der Waals surface area contributed by atoms with Crippen LogP contribution in [0.4, 0.5) is 0 Å². The fourth-order valence-electron chi connectivity index (χ4n) is 2.95. The summed E-state index contributed by atoms with van der Waals surface area (Å²) >= 11 is 6.14. The largest absolute Gasteiger partial charge is 0.0843 e. The predicted molar refractivity (Wildman–Crippen MR) is 77.2 cm³/mol. The third-order valence-electron chi connectivity index (χ3n) is 3.73. The lowest BCUT2D eigenvalue weighted by molar-refractivity contribution is 1.20. The highest BCUT2D eigenvalue weighted by atomic mass is 35.5. The Labute approximate surface area is 111 Å². The van der Waals surface area contributed by atoms with Gasteiger partial charge in [0.1, 0.15) is 0 Å². The minimum Gasteiger partial charge on any atom is -0.0843 e. The van der Waals surface area contributed by atoms with E-state index in [0.29, 0.717) is 0 Å². The van der Waals surface area contributed by atoms with E-state index in [4.69, 9.17) is 11.6 Å². The second kappa shape index (κ2) is 3.60. The van der Waals surface area contributed by atoms with Crippen molar-refractivity contribution in [2.45, 2.75) is 6.42 Å². The molecular weight excluding hydrogens is 240 g/mol. The molecule has 1 aliphatic carbocycles. The normalized spacial score (nSPS) is 12.5. The molecule has 86 valence electrons. The van der Waals surface area contributed by atoms with Crippen LogP contribution in [0, 0.1) is 0 Å². The van der Waals surface area contributed by atoms with E-state index < -0.39 is 0 Å². The van der Waals surface area contributed by atoms with Gasteiger partial charge in [0.15, 0.2) is 0 Å². The summed E-state index contributed by atoms with van der Waals surface area (Å²) in [4.78, 5) is 0. The Bertz CT molecular complexity index is 766. The number of hydrogen-bond acceptors (Lipinski definition) is 0. The highest BCUT2D eigenvalue weighted by Crippen LogP contribution is 2.40. The Kier molecular flexibility index (Phi) is 2.03. The van der Waals surface area contributed by atoms with Gasteiger partial charge in [-0.2, -0.15) is 0 Å². The molecule has 0 spiro atoms. The van der Waals surface area contributed by atoms with Crippen molar-refractivity contribution in [2.24, 2.45) is 0 Å². The van der Waals surface area contributed by atoms with Gasteiger partial charge < -0.3 is 0 Å². The fourth-order valence-corrected chi connectivity index (χ4v) is 3.12. The van der Waals surface area contributed by atoms with Gasteiger partial charge in [-0.1, -0.05) is 54.1 Å². The highest BCUT2D eigenvalue weighted by molar-refractivity contribution is 6.31. The lowest BCUT2D eigenvalue weighted by Crippen LogP contribution is -2.00. The van der Waals surface area contributed by atoms with Crippen LogP contribution in [0.5, 0.6) is 0 Å². The molecule has 0 unspecified atom stereocenters. The first kappa shape index (κ1) is 10.2. The molecule has 0 radical (unpaired) electrons. The molecule has 0 saturated heterocycles. The maximum absolute atomic E-state index is 6.14. The number of rotatable bonds is 0. The van der Waals surface area contributed by atoms with E-state index >= 15 is 0 Å². The summed E-state index contributed by atoms with van der Waals surface area (Å²) in [6.07, 6.45) is 1.00. The molecule has 0 N–H and O–H groups in total. The fraction of sp³-hybridized carbons (Fsp3) is 0.0588. The van der Waals surface area contributed by atoms with Crippen LogP contribution in [0.2, 0.25) is 5.02 Å². The van der Waals surface area contributed by atoms with Crippen molar-refractivity contribution < 1.29 is 0 Å². The molecule has 1 heteroatoms. The number of benzene rings is 3. The first-order chi connectivity index (χ1) is 8.83. The molecule has 0 fully saturated rings. The molecule has 0 aliphatic heterocycles. The molecule has 0 bridgehead atoms. The maximum atomic E-state index is 6.14. The number of fused-ring (bicyclic) bond motifs is 2. The van der Waals surface area contributed by atoms with Crippen LogP contribution in [0.1, 0.15) is 11.1 Å². The SMILES string of the molecule is Clc1ccc2c(c1)-c1cccc3cccc(c13)C2. The average molecular weight is 251 g/mol. The summed E-state index contributed by atoms with van der Waals surface area (Å²) in [5.74, 6) is 0. The second-order valence-electron chi connectivity index (χ2n) is 4.80. The summed E-state index contributed by atoms with van der Waals surface area (Å²) in [7, 11) is 0.